The van der Waals surface area contributed by atoms with Gasteiger partial charge in [-0.2, -0.15) is 0 Å². The molecule has 0 saturated carbocycles. The van der Waals surface area contributed by atoms with Crippen molar-refractivity contribution in [3.63, 3.8) is 0 Å². The Balaban J connectivity index is 0.00000180. The predicted molar refractivity (Wildman–Crippen MR) is 71.6 cm³/mol. The fraction of sp³-hybridized carbons (Fsp3) is 0. The SMILES string of the molecule is O=C(O)c1ccc(-c2ccc(C(=O)O)cc2)cc1.[Li]. The Kier molecular flexibility index (Phi) is 4.93. The molecule has 19 heavy (non-hydrogen) atoms. The number of aromatic carboxylic acids is 2. The van der Waals surface area contributed by atoms with Crippen molar-refractivity contribution in [3.05, 3.63) is 59.7 Å². The zero-order chi connectivity index (χ0) is 13.1. The summed E-state index contributed by atoms with van der Waals surface area (Å²) in [6.07, 6.45) is 0. The molecule has 0 spiro atoms. The smallest absolute Gasteiger partial charge is 0.335 e. The summed E-state index contributed by atoms with van der Waals surface area (Å²) in [5.74, 6) is -1.94. The van der Waals surface area contributed by atoms with Crippen LogP contribution in [0.15, 0.2) is 48.5 Å². The van der Waals surface area contributed by atoms with E-state index < -0.39 is 11.9 Å². The maximum absolute atomic E-state index is 10.7. The third-order valence-electron chi connectivity index (χ3n) is 2.60. The molecule has 91 valence electrons. The van der Waals surface area contributed by atoms with E-state index in [0.717, 1.165) is 11.1 Å². The average Bonchev–Trinajstić information content (AvgIpc) is 2.39. The van der Waals surface area contributed by atoms with E-state index in [1.165, 1.54) is 24.3 Å². The van der Waals surface area contributed by atoms with Crippen LogP contribution in [0.1, 0.15) is 20.7 Å². The Labute approximate surface area is 121 Å². The van der Waals surface area contributed by atoms with Crippen LogP contribution in [0.2, 0.25) is 0 Å². The third-order valence-corrected chi connectivity index (χ3v) is 2.60. The van der Waals surface area contributed by atoms with Gasteiger partial charge in [-0.15, -0.1) is 0 Å². The molecule has 2 N–H and O–H groups in total. The number of hydrogen-bond acceptors (Lipinski definition) is 2. The number of rotatable bonds is 3. The van der Waals surface area contributed by atoms with Crippen molar-refractivity contribution in [2.24, 2.45) is 0 Å². The van der Waals surface area contributed by atoms with Gasteiger partial charge >= 0.3 is 11.9 Å². The van der Waals surface area contributed by atoms with Gasteiger partial charge in [0.1, 0.15) is 0 Å². The Morgan fingerprint density at radius 3 is 1.11 bits per heavy atom. The molecular formula is C14H10LiO4. The van der Waals surface area contributed by atoms with E-state index in [-0.39, 0.29) is 30.0 Å². The summed E-state index contributed by atoms with van der Waals surface area (Å²) in [5, 5.41) is 17.6. The van der Waals surface area contributed by atoms with Crippen LogP contribution >= 0.6 is 0 Å². The maximum atomic E-state index is 10.7. The van der Waals surface area contributed by atoms with Crippen molar-refractivity contribution < 1.29 is 19.8 Å². The van der Waals surface area contributed by atoms with E-state index in [1.54, 1.807) is 24.3 Å². The van der Waals surface area contributed by atoms with E-state index in [4.69, 9.17) is 10.2 Å². The molecule has 0 saturated heterocycles. The minimum atomic E-state index is -0.970. The van der Waals surface area contributed by atoms with Crippen LogP contribution in [-0.4, -0.2) is 41.0 Å². The molecule has 5 heteroatoms. The zero-order valence-corrected chi connectivity index (χ0v) is 10.3. The van der Waals surface area contributed by atoms with Crippen molar-refractivity contribution in [1.29, 1.82) is 0 Å². The fourth-order valence-electron chi connectivity index (χ4n) is 1.61. The van der Waals surface area contributed by atoms with Gasteiger partial charge in [0.05, 0.1) is 11.1 Å². The molecule has 0 fully saturated rings. The van der Waals surface area contributed by atoms with E-state index in [9.17, 15) is 9.59 Å². The second-order valence-corrected chi connectivity index (χ2v) is 3.77. The van der Waals surface area contributed by atoms with E-state index in [1.807, 2.05) is 0 Å². The van der Waals surface area contributed by atoms with Crippen LogP contribution < -0.4 is 0 Å². The summed E-state index contributed by atoms with van der Waals surface area (Å²) in [6, 6.07) is 12.8. The van der Waals surface area contributed by atoms with Gasteiger partial charge in [0.2, 0.25) is 0 Å². The van der Waals surface area contributed by atoms with Crippen molar-refractivity contribution in [2.75, 3.05) is 0 Å². The van der Waals surface area contributed by atoms with E-state index >= 15 is 0 Å². The average molecular weight is 249 g/mol. The Morgan fingerprint density at radius 1 is 0.632 bits per heavy atom. The number of carboxylic acids is 2. The quantitative estimate of drug-likeness (QED) is 0.819. The second-order valence-electron chi connectivity index (χ2n) is 3.77. The van der Waals surface area contributed by atoms with Gasteiger partial charge < -0.3 is 10.2 Å². The summed E-state index contributed by atoms with van der Waals surface area (Å²) < 4.78 is 0. The van der Waals surface area contributed by atoms with Crippen LogP contribution in [0, 0.1) is 0 Å². The van der Waals surface area contributed by atoms with E-state index in [2.05, 4.69) is 0 Å². The predicted octanol–water partition coefficient (Wildman–Crippen LogP) is 2.37. The summed E-state index contributed by atoms with van der Waals surface area (Å²) in [5.41, 5.74) is 2.13. The molecule has 0 aliphatic carbocycles. The molecule has 1 radical (unpaired) electrons. The molecule has 0 unspecified atom stereocenters. The van der Waals surface area contributed by atoms with Gasteiger partial charge in [0, 0.05) is 18.9 Å². The van der Waals surface area contributed by atoms with Gasteiger partial charge in [-0.3, -0.25) is 0 Å². The summed E-state index contributed by atoms with van der Waals surface area (Å²) in [7, 11) is 0. The van der Waals surface area contributed by atoms with Crippen molar-refractivity contribution in [3.8, 4) is 11.1 Å². The van der Waals surface area contributed by atoms with Crippen molar-refractivity contribution in [1.82, 2.24) is 0 Å². The monoisotopic (exact) mass is 249 g/mol. The van der Waals surface area contributed by atoms with Gasteiger partial charge in [-0.25, -0.2) is 9.59 Å². The molecule has 0 bridgehead atoms. The normalized spacial score (nSPS) is 9.47. The molecular weight excluding hydrogens is 239 g/mol. The fourth-order valence-corrected chi connectivity index (χ4v) is 1.61. The van der Waals surface area contributed by atoms with Gasteiger partial charge in [0.15, 0.2) is 0 Å². The Hall–Kier alpha value is -2.02. The Bertz CT molecular complexity index is 532. The summed E-state index contributed by atoms with van der Waals surface area (Å²) in [6.45, 7) is 0. The van der Waals surface area contributed by atoms with Crippen LogP contribution in [0.3, 0.4) is 0 Å². The number of hydrogen-bond donors (Lipinski definition) is 2. The molecule has 2 aromatic carbocycles. The summed E-state index contributed by atoms with van der Waals surface area (Å²) >= 11 is 0. The first-order chi connectivity index (χ1) is 8.58. The number of carboxylic acid groups (broad SMARTS) is 2. The standard InChI is InChI=1S/C14H10O4.Li/c15-13(16)11-5-1-9(2-6-11)10-3-7-12(8-4-10)14(17)18;/h1-8H,(H,15,16)(H,17,18);. The van der Waals surface area contributed by atoms with Crippen LogP contribution in [0.4, 0.5) is 0 Å². The molecule has 0 atom stereocenters. The molecule has 2 rings (SSSR count). The first kappa shape index (κ1) is 15.0. The van der Waals surface area contributed by atoms with Crippen molar-refractivity contribution >= 4 is 30.8 Å². The molecule has 0 aliphatic rings. The Morgan fingerprint density at radius 2 is 0.895 bits per heavy atom. The van der Waals surface area contributed by atoms with Crippen LogP contribution in [0.5, 0.6) is 0 Å². The molecule has 0 aromatic heterocycles. The topological polar surface area (TPSA) is 74.6 Å². The minimum Gasteiger partial charge on any atom is -0.478 e. The maximum Gasteiger partial charge on any atom is 0.335 e. The van der Waals surface area contributed by atoms with Gasteiger partial charge in [0.25, 0.3) is 0 Å². The molecule has 0 amide bonds. The van der Waals surface area contributed by atoms with Gasteiger partial charge in [-0.05, 0) is 35.4 Å². The summed E-state index contributed by atoms with van der Waals surface area (Å²) in [4.78, 5) is 21.4. The molecule has 0 aliphatic heterocycles. The zero-order valence-electron chi connectivity index (χ0n) is 10.3. The van der Waals surface area contributed by atoms with Crippen LogP contribution in [-0.2, 0) is 0 Å². The second kappa shape index (κ2) is 6.23. The number of benzene rings is 2. The first-order valence-electron chi connectivity index (χ1n) is 5.25. The number of carbonyl (C=O) groups is 2. The van der Waals surface area contributed by atoms with E-state index in [0.29, 0.717) is 0 Å². The third kappa shape index (κ3) is 3.47. The van der Waals surface area contributed by atoms with Gasteiger partial charge in [-0.1, -0.05) is 24.3 Å². The minimum absolute atomic E-state index is 0. The molecule has 0 heterocycles. The largest absolute Gasteiger partial charge is 0.478 e. The molecule has 4 nitrogen and oxygen atoms in total. The van der Waals surface area contributed by atoms with Crippen molar-refractivity contribution in [2.45, 2.75) is 0 Å². The molecule has 2 aromatic rings. The van der Waals surface area contributed by atoms with Crippen LogP contribution in [0.25, 0.3) is 11.1 Å². The first-order valence-corrected chi connectivity index (χ1v) is 5.25.